The van der Waals surface area contributed by atoms with Gasteiger partial charge in [-0.1, -0.05) is 18.2 Å². The quantitative estimate of drug-likeness (QED) is 0.655. The molecule has 1 saturated heterocycles. The van der Waals surface area contributed by atoms with E-state index in [0.717, 1.165) is 35.4 Å². The minimum atomic E-state index is -0.421. The number of amides is 1. The Morgan fingerprint density at radius 1 is 1.31 bits per heavy atom. The molecule has 0 saturated carbocycles. The van der Waals surface area contributed by atoms with Crippen LogP contribution in [0.5, 0.6) is 0 Å². The Hall–Kier alpha value is -3.20. The zero-order valence-corrected chi connectivity index (χ0v) is 16.5. The number of rotatable bonds is 6. The number of fused-ring (bicyclic) bond motifs is 1. The Morgan fingerprint density at radius 3 is 2.90 bits per heavy atom. The molecule has 0 unspecified atom stereocenters. The highest BCUT2D eigenvalue weighted by Gasteiger charge is 2.18. The van der Waals surface area contributed by atoms with Gasteiger partial charge in [-0.3, -0.25) is 4.79 Å². The van der Waals surface area contributed by atoms with Crippen molar-refractivity contribution in [3.8, 4) is 0 Å². The minimum absolute atomic E-state index is 0.0495. The normalized spacial score (nSPS) is 16.3. The second-order valence-corrected chi connectivity index (χ2v) is 7.23. The van der Waals surface area contributed by atoms with Gasteiger partial charge in [0.25, 0.3) is 0 Å². The van der Waals surface area contributed by atoms with E-state index in [1.54, 1.807) is 6.07 Å². The van der Waals surface area contributed by atoms with Gasteiger partial charge in [-0.15, -0.1) is 5.10 Å². The van der Waals surface area contributed by atoms with Crippen LogP contribution in [0.15, 0.2) is 35.1 Å². The number of ether oxygens (including phenoxy) is 1. The van der Waals surface area contributed by atoms with Gasteiger partial charge in [-0.25, -0.2) is 18.9 Å². The van der Waals surface area contributed by atoms with Crippen molar-refractivity contribution in [2.24, 2.45) is 0 Å². The fourth-order valence-electron chi connectivity index (χ4n) is 3.40. The van der Waals surface area contributed by atoms with E-state index >= 15 is 0 Å². The van der Waals surface area contributed by atoms with Crippen LogP contribution in [0.3, 0.4) is 0 Å². The van der Waals surface area contributed by atoms with E-state index in [2.05, 4.69) is 20.7 Å². The molecule has 9 heteroatoms. The number of anilines is 2. The van der Waals surface area contributed by atoms with E-state index in [1.165, 1.54) is 4.40 Å². The van der Waals surface area contributed by atoms with Gasteiger partial charge in [-0.05, 0) is 38.3 Å². The molecule has 0 bridgehead atoms. The third-order valence-electron chi connectivity index (χ3n) is 4.93. The Bertz CT molecular complexity index is 1100. The molecule has 1 aromatic carbocycles. The standard InChI is InChI=1S/C20H24N6O3/c1-13-6-3-4-8-16(13)23-19-22-14(2)10-17-24-25(20(28)26(17)19)12-18(27)21-11-15-7-5-9-29-15/h3-4,6,8,10,15H,5,7,9,11-12H2,1-2H3,(H,21,27)(H,22,23)/t15-/m0/s1. The molecule has 29 heavy (non-hydrogen) atoms. The number of aryl methyl sites for hydroxylation is 2. The molecule has 152 valence electrons. The van der Waals surface area contributed by atoms with Crippen LogP contribution in [0.2, 0.25) is 0 Å². The summed E-state index contributed by atoms with van der Waals surface area (Å²) < 4.78 is 8.04. The van der Waals surface area contributed by atoms with Crippen molar-refractivity contribution < 1.29 is 9.53 Å². The fraction of sp³-hybridized carbons (Fsp3) is 0.400. The number of carbonyl (C=O) groups is 1. The topological polar surface area (TPSA) is 103 Å². The maximum atomic E-state index is 12.9. The number of aromatic nitrogens is 4. The van der Waals surface area contributed by atoms with Crippen LogP contribution >= 0.6 is 0 Å². The number of carbonyl (C=O) groups excluding carboxylic acids is 1. The second kappa shape index (κ2) is 8.04. The Labute approximate surface area is 167 Å². The first-order valence-electron chi connectivity index (χ1n) is 9.69. The Balaban J connectivity index is 1.58. The zero-order chi connectivity index (χ0) is 20.4. The van der Waals surface area contributed by atoms with Crippen LogP contribution in [0.4, 0.5) is 11.6 Å². The number of hydrogen-bond acceptors (Lipinski definition) is 6. The number of para-hydroxylation sites is 1. The van der Waals surface area contributed by atoms with Crippen LogP contribution in [-0.4, -0.2) is 44.3 Å². The number of nitrogens with one attached hydrogen (secondary N) is 2. The van der Waals surface area contributed by atoms with Crippen molar-refractivity contribution in [1.82, 2.24) is 24.5 Å². The molecule has 1 fully saturated rings. The molecule has 3 heterocycles. The van der Waals surface area contributed by atoms with E-state index in [-0.39, 0.29) is 18.6 Å². The van der Waals surface area contributed by atoms with Gasteiger partial charge >= 0.3 is 5.69 Å². The van der Waals surface area contributed by atoms with Crippen LogP contribution in [-0.2, 0) is 16.1 Å². The van der Waals surface area contributed by atoms with E-state index in [0.29, 0.717) is 23.8 Å². The molecule has 0 spiro atoms. The van der Waals surface area contributed by atoms with Crippen molar-refractivity contribution in [1.29, 1.82) is 0 Å². The van der Waals surface area contributed by atoms with E-state index in [1.807, 2.05) is 38.1 Å². The summed E-state index contributed by atoms with van der Waals surface area (Å²) in [6.45, 7) is 4.83. The van der Waals surface area contributed by atoms with Crippen LogP contribution < -0.4 is 16.3 Å². The first kappa shape index (κ1) is 19.1. The lowest BCUT2D eigenvalue weighted by Crippen LogP contribution is -2.36. The van der Waals surface area contributed by atoms with Gasteiger partial charge < -0.3 is 15.4 Å². The molecule has 4 rings (SSSR count). The summed E-state index contributed by atoms with van der Waals surface area (Å²) in [5, 5.41) is 10.3. The summed E-state index contributed by atoms with van der Waals surface area (Å²) in [5.41, 5.74) is 2.61. The van der Waals surface area contributed by atoms with Crippen molar-refractivity contribution in [3.63, 3.8) is 0 Å². The largest absolute Gasteiger partial charge is 0.376 e. The molecule has 1 amide bonds. The lowest BCUT2D eigenvalue weighted by molar-refractivity contribution is -0.122. The van der Waals surface area contributed by atoms with E-state index in [9.17, 15) is 9.59 Å². The maximum absolute atomic E-state index is 12.9. The maximum Gasteiger partial charge on any atom is 0.353 e. The summed E-state index contributed by atoms with van der Waals surface area (Å²) in [6, 6.07) is 9.45. The van der Waals surface area contributed by atoms with E-state index in [4.69, 9.17) is 4.74 Å². The fourth-order valence-corrected chi connectivity index (χ4v) is 3.40. The molecule has 2 N–H and O–H groups in total. The zero-order valence-electron chi connectivity index (χ0n) is 16.5. The summed E-state index contributed by atoms with van der Waals surface area (Å²) in [5.74, 6) is 0.0921. The van der Waals surface area contributed by atoms with Crippen molar-refractivity contribution >= 4 is 23.2 Å². The average Bonchev–Trinajstić information content (AvgIpc) is 3.30. The first-order chi connectivity index (χ1) is 14.0. The Morgan fingerprint density at radius 2 is 2.14 bits per heavy atom. The molecule has 9 nitrogen and oxygen atoms in total. The van der Waals surface area contributed by atoms with Crippen molar-refractivity contribution in [3.05, 3.63) is 52.1 Å². The molecule has 2 aromatic heterocycles. The summed E-state index contributed by atoms with van der Waals surface area (Å²) in [4.78, 5) is 29.7. The molecular weight excluding hydrogens is 372 g/mol. The summed E-state index contributed by atoms with van der Waals surface area (Å²) in [6.07, 6.45) is 2.00. The van der Waals surface area contributed by atoms with Gasteiger partial charge in [0.15, 0.2) is 5.65 Å². The molecular formula is C20H24N6O3. The van der Waals surface area contributed by atoms with Gasteiger partial charge in [0, 0.05) is 30.6 Å². The highest BCUT2D eigenvalue weighted by atomic mass is 16.5. The van der Waals surface area contributed by atoms with Crippen LogP contribution in [0, 0.1) is 13.8 Å². The second-order valence-electron chi connectivity index (χ2n) is 7.23. The lowest BCUT2D eigenvalue weighted by atomic mass is 10.2. The molecule has 1 aliphatic rings. The summed E-state index contributed by atoms with van der Waals surface area (Å²) >= 11 is 0. The highest BCUT2D eigenvalue weighted by molar-refractivity contribution is 5.75. The van der Waals surface area contributed by atoms with Crippen molar-refractivity contribution in [2.75, 3.05) is 18.5 Å². The molecule has 1 atom stereocenters. The van der Waals surface area contributed by atoms with Crippen LogP contribution in [0.25, 0.3) is 5.65 Å². The summed E-state index contributed by atoms with van der Waals surface area (Å²) in [7, 11) is 0. The molecule has 3 aromatic rings. The van der Waals surface area contributed by atoms with Gasteiger partial charge in [0.2, 0.25) is 11.9 Å². The SMILES string of the molecule is Cc1cc2nn(CC(=O)NC[C@@H]3CCCO3)c(=O)n2c(Nc2ccccc2C)n1. The number of nitrogens with zero attached hydrogens (tertiary/aromatic N) is 4. The third kappa shape index (κ3) is 4.14. The Kier molecular flexibility index (Phi) is 5.30. The highest BCUT2D eigenvalue weighted by Crippen LogP contribution is 2.19. The van der Waals surface area contributed by atoms with Crippen LogP contribution in [0.1, 0.15) is 24.1 Å². The van der Waals surface area contributed by atoms with Gasteiger partial charge in [0.05, 0.1) is 6.10 Å². The van der Waals surface area contributed by atoms with Crippen molar-refractivity contribution in [2.45, 2.75) is 39.3 Å². The molecule has 0 aliphatic carbocycles. The third-order valence-corrected chi connectivity index (χ3v) is 4.93. The predicted molar refractivity (Wildman–Crippen MR) is 108 cm³/mol. The van der Waals surface area contributed by atoms with Gasteiger partial charge in [0.1, 0.15) is 6.54 Å². The first-order valence-corrected chi connectivity index (χ1v) is 9.69. The number of benzene rings is 1. The lowest BCUT2D eigenvalue weighted by Gasteiger charge is -2.10. The smallest absolute Gasteiger partial charge is 0.353 e. The van der Waals surface area contributed by atoms with Gasteiger partial charge in [-0.2, -0.15) is 0 Å². The van der Waals surface area contributed by atoms with E-state index < -0.39 is 5.69 Å². The minimum Gasteiger partial charge on any atom is -0.376 e. The monoisotopic (exact) mass is 396 g/mol. The number of hydrogen-bond donors (Lipinski definition) is 2. The molecule has 0 radical (unpaired) electrons. The average molecular weight is 396 g/mol. The predicted octanol–water partition coefficient (Wildman–Crippen LogP) is 1.55. The molecule has 1 aliphatic heterocycles.